The highest BCUT2D eigenvalue weighted by Gasteiger charge is 2.52. The molecule has 1 aromatic rings. The third-order valence-electron chi connectivity index (χ3n) is 4.01. The van der Waals surface area contributed by atoms with Crippen LogP contribution in [0.3, 0.4) is 0 Å². The minimum absolute atomic E-state index is 0.0785. The number of hydrogen-bond donors (Lipinski definition) is 2. The van der Waals surface area contributed by atoms with Gasteiger partial charge < -0.3 is 10.4 Å². The Hall–Kier alpha value is -1.89. The molecule has 21 heavy (non-hydrogen) atoms. The first kappa shape index (κ1) is 15.5. The van der Waals surface area contributed by atoms with Crippen LogP contribution >= 0.6 is 0 Å². The van der Waals surface area contributed by atoms with Crippen LogP contribution in [-0.2, 0) is 14.6 Å². The molecule has 1 fully saturated rings. The highest BCUT2D eigenvalue weighted by molar-refractivity contribution is 7.93. The van der Waals surface area contributed by atoms with Crippen LogP contribution in [0.4, 0.5) is 5.69 Å². The third-order valence-corrected chi connectivity index (χ3v) is 6.02. The van der Waals surface area contributed by atoms with Gasteiger partial charge in [0, 0.05) is 11.9 Å². The Bertz CT molecular complexity index is 704. The standard InChI is InChI=1S/C14H17NO5S/c1-9-4-5-10(8-11(9)12(16)17)15-13(18)14(6-3-7-14)21(2,19)20/h4-5,8H,3,6-7H2,1-2H3,(H,15,18)(H,16,17). The number of benzene rings is 1. The molecule has 2 N–H and O–H groups in total. The van der Waals surface area contributed by atoms with Crippen LogP contribution in [-0.4, -0.2) is 36.4 Å². The zero-order valence-electron chi connectivity index (χ0n) is 11.8. The monoisotopic (exact) mass is 311 g/mol. The first-order chi connectivity index (χ1) is 9.67. The summed E-state index contributed by atoms with van der Waals surface area (Å²) < 4.78 is 22.3. The van der Waals surface area contributed by atoms with Crippen molar-refractivity contribution in [3.05, 3.63) is 29.3 Å². The van der Waals surface area contributed by atoms with E-state index < -0.39 is 26.5 Å². The predicted molar refractivity (Wildman–Crippen MR) is 78.2 cm³/mol. The number of aryl methyl sites for hydroxylation is 1. The Kier molecular flexibility index (Phi) is 3.79. The molecule has 1 aromatic carbocycles. The molecule has 114 valence electrons. The van der Waals surface area contributed by atoms with Crippen molar-refractivity contribution in [3.63, 3.8) is 0 Å². The Morgan fingerprint density at radius 1 is 1.29 bits per heavy atom. The molecule has 0 aliphatic heterocycles. The fraction of sp³-hybridized carbons (Fsp3) is 0.429. The highest BCUT2D eigenvalue weighted by atomic mass is 32.2. The van der Waals surface area contributed by atoms with Gasteiger partial charge in [-0.3, -0.25) is 4.79 Å². The third kappa shape index (κ3) is 2.65. The molecule has 1 aliphatic carbocycles. The molecule has 0 heterocycles. The lowest BCUT2D eigenvalue weighted by molar-refractivity contribution is -0.120. The lowest BCUT2D eigenvalue weighted by Gasteiger charge is -2.38. The summed E-state index contributed by atoms with van der Waals surface area (Å²) in [6, 6.07) is 4.48. The van der Waals surface area contributed by atoms with Crippen LogP contribution in [0, 0.1) is 6.92 Å². The van der Waals surface area contributed by atoms with Gasteiger partial charge in [-0.15, -0.1) is 0 Å². The number of carboxylic acids is 1. The Morgan fingerprint density at radius 2 is 1.90 bits per heavy atom. The van der Waals surface area contributed by atoms with Crippen molar-refractivity contribution in [1.29, 1.82) is 0 Å². The summed E-state index contributed by atoms with van der Waals surface area (Å²) in [6.45, 7) is 1.65. The smallest absolute Gasteiger partial charge is 0.336 e. The first-order valence-corrected chi connectivity index (χ1v) is 8.41. The van der Waals surface area contributed by atoms with Crippen LogP contribution in [0.1, 0.15) is 35.2 Å². The molecule has 1 aliphatic rings. The number of anilines is 1. The minimum atomic E-state index is -3.51. The summed E-state index contributed by atoms with van der Waals surface area (Å²) in [4.78, 5) is 23.4. The molecule has 0 unspecified atom stereocenters. The number of carboxylic acid groups (broad SMARTS) is 1. The number of hydrogen-bond acceptors (Lipinski definition) is 4. The van der Waals surface area contributed by atoms with Gasteiger partial charge in [0.1, 0.15) is 0 Å². The summed E-state index contributed by atoms with van der Waals surface area (Å²) >= 11 is 0. The second-order valence-corrected chi connectivity index (χ2v) is 7.73. The molecule has 6 nitrogen and oxygen atoms in total. The molecular formula is C14H17NO5S. The van der Waals surface area contributed by atoms with E-state index in [9.17, 15) is 18.0 Å². The van der Waals surface area contributed by atoms with E-state index in [1.54, 1.807) is 19.1 Å². The van der Waals surface area contributed by atoms with Crippen molar-refractivity contribution in [2.24, 2.45) is 0 Å². The second kappa shape index (κ2) is 5.14. The number of nitrogens with one attached hydrogen (secondary N) is 1. The Labute approximate surface area is 123 Å². The maximum atomic E-state index is 12.3. The van der Waals surface area contributed by atoms with Crippen LogP contribution in [0.25, 0.3) is 0 Å². The van der Waals surface area contributed by atoms with Crippen LogP contribution in [0.2, 0.25) is 0 Å². The zero-order chi connectivity index (χ0) is 15.8. The molecule has 0 bridgehead atoms. The van der Waals surface area contributed by atoms with Crippen LogP contribution in [0.15, 0.2) is 18.2 Å². The molecule has 1 saturated carbocycles. The average molecular weight is 311 g/mol. The van der Waals surface area contributed by atoms with E-state index in [0.717, 1.165) is 6.26 Å². The van der Waals surface area contributed by atoms with E-state index in [2.05, 4.69) is 5.32 Å². The quantitative estimate of drug-likeness (QED) is 0.879. The molecule has 7 heteroatoms. The van der Waals surface area contributed by atoms with Gasteiger partial charge >= 0.3 is 5.97 Å². The van der Waals surface area contributed by atoms with E-state index in [-0.39, 0.29) is 11.3 Å². The SMILES string of the molecule is Cc1ccc(NC(=O)C2(S(C)(=O)=O)CCC2)cc1C(=O)O. The molecule has 0 saturated heterocycles. The maximum absolute atomic E-state index is 12.3. The van der Waals surface area contributed by atoms with Crippen molar-refractivity contribution in [3.8, 4) is 0 Å². The average Bonchev–Trinajstić information content (AvgIpc) is 2.27. The minimum Gasteiger partial charge on any atom is -0.478 e. The molecular weight excluding hydrogens is 294 g/mol. The van der Waals surface area contributed by atoms with Crippen molar-refractivity contribution >= 4 is 27.4 Å². The van der Waals surface area contributed by atoms with Gasteiger partial charge in [0.15, 0.2) is 14.6 Å². The zero-order valence-corrected chi connectivity index (χ0v) is 12.7. The van der Waals surface area contributed by atoms with Gasteiger partial charge in [-0.1, -0.05) is 6.07 Å². The molecule has 0 spiro atoms. The fourth-order valence-corrected chi connectivity index (χ4v) is 3.86. The van der Waals surface area contributed by atoms with Gasteiger partial charge in [0.25, 0.3) is 0 Å². The van der Waals surface area contributed by atoms with E-state index in [4.69, 9.17) is 5.11 Å². The summed E-state index contributed by atoms with van der Waals surface area (Å²) in [5, 5.41) is 11.6. The lowest BCUT2D eigenvalue weighted by atomic mass is 9.83. The van der Waals surface area contributed by atoms with E-state index >= 15 is 0 Å². The predicted octanol–water partition coefficient (Wildman–Crippen LogP) is 1.60. The summed E-state index contributed by atoms with van der Waals surface area (Å²) in [5.41, 5.74) is 0.940. The number of aromatic carboxylic acids is 1. The first-order valence-electron chi connectivity index (χ1n) is 6.52. The Morgan fingerprint density at radius 3 is 2.33 bits per heavy atom. The molecule has 1 amide bonds. The van der Waals surface area contributed by atoms with Crippen LogP contribution < -0.4 is 5.32 Å². The summed E-state index contributed by atoms with van der Waals surface area (Å²) in [6.07, 6.45) is 2.35. The number of amides is 1. The largest absolute Gasteiger partial charge is 0.478 e. The van der Waals surface area contributed by atoms with Crippen molar-refractivity contribution < 1.29 is 23.1 Å². The summed E-state index contributed by atoms with van der Waals surface area (Å²) in [7, 11) is -3.51. The normalized spacial score (nSPS) is 16.9. The molecule has 0 aromatic heterocycles. The van der Waals surface area contributed by atoms with Gasteiger partial charge in [-0.05, 0) is 43.9 Å². The van der Waals surface area contributed by atoms with Crippen LogP contribution in [0.5, 0.6) is 0 Å². The van der Waals surface area contributed by atoms with Crippen molar-refractivity contribution in [2.45, 2.75) is 30.9 Å². The number of carbonyl (C=O) groups excluding carboxylic acids is 1. The fourth-order valence-electron chi connectivity index (χ4n) is 2.44. The van der Waals surface area contributed by atoms with Gasteiger partial charge in [0.2, 0.25) is 5.91 Å². The second-order valence-electron chi connectivity index (χ2n) is 5.41. The lowest BCUT2D eigenvalue weighted by Crippen LogP contribution is -2.54. The number of rotatable bonds is 4. The van der Waals surface area contributed by atoms with E-state index in [1.807, 2.05) is 0 Å². The topological polar surface area (TPSA) is 101 Å². The van der Waals surface area contributed by atoms with E-state index in [1.165, 1.54) is 6.07 Å². The molecule has 0 radical (unpaired) electrons. The molecule has 0 atom stereocenters. The Balaban J connectivity index is 2.28. The van der Waals surface area contributed by atoms with Gasteiger partial charge in [0.05, 0.1) is 5.56 Å². The van der Waals surface area contributed by atoms with Gasteiger partial charge in [-0.2, -0.15) is 0 Å². The van der Waals surface area contributed by atoms with E-state index in [0.29, 0.717) is 24.8 Å². The van der Waals surface area contributed by atoms with Crippen molar-refractivity contribution in [1.82, 2.24) is 0 Å². The highest BCUT2D eigenvalue weighted by Crippen LogP contribution is 2.40. The van der Waals surface area contributed by atoms with Gasteiger partial charge in [-0.25, -0.2) is 13.2 Å². The number of carbonyl (C=O) groups is 2. The maximum Gasteiger partial charge on any atom is 0.336 e. The summed E-state index contributed by atoms with van der Waals surface area (Å²) in [5.74, 6) is -1.68. The van der Waals surface area contributed by atoms with Crippen molar-refractivity contribution in [2.75, 3.05) is 11.6 Å². The number of sulfone groups is 1. The molecule has 2 rings (SSSR count).